The Balaban J connectivity index is 2.24. The van der Waals surface area contributed by atoms with Crippen molar-refractivity contribution in [1.29, 1.82) is 0 Å². The predicted molar refractivity (Wildman–Crippen MR) is 110 cm³/mol. The average molecular weight is 385 g/mol. The fraction of sp³-hybridized carbons (Fsp3) is 0.294. The van der Waals surface area contributed by atoms with Crippen molar-refractivity contribution in [2.45, 2.75) is 30.2 Å². The van der Waals surface area contributed by atoms with Gasteiger partial charge in [-0.3, -0.25) is 0 Å². The summed E-state index contributed by atoms with van der Waals surface area (Å²) in [6.07, 6.45) is 8.64. The van der Waals surface area contributed by atoms with Gasteiger partial charge in [-0.1, -0.05) is 18.2 Å². The Kier molecular flexibility index (Phi) is 7.98. The second kappa shape index (κ2) is 9.48. The van der Waals surface area contributed by atoms with Gasteiger partial charge in [-0.25, -0.2) is 0 Å². The van der Waals surface area contributed by atoms with Crippen LogP contribution >= 0.6 is 58.8 Å². The van der Waals surface area contributed by atoms with Gasteiger partial charge in [0.1, 0.15) is 0 Å². The molecule has 0 nitrogen and oxygen atoms in total. The highest BCUT2D eigenvalue weighted by Gasteiger charge is 2.11. The van der Waals surface area contributed by atoms with Crippen molar-refractivity contribution in [3.63, 3.8) is 0 Å². The monoisotopic (exact) mass is 384 g/mol. The van der Waals surface area contributed by atoms with Crippen molar-refractivity contribution in [2.24, 2.45) is 0 Å². The van der Waals surface area contributed by atoms with Gasteiger partial charge in [-0.15, -0.1) is 58.8 Å². The van der Waals surface area contributed by atoms with E-state index in [0.29, 0.717) is 0 Å². The number of hydrogen-bond acceptors (Lipinski definition) is 5. The highest BCUT2D eigenvalue weighted by Crippen LogP contribution is 2.40. The number of hydrogen-bond donors (Lipinski definition) is 0. The van der Waals surface area contributed by atoms with Crippen molar-refractivity contribution in [3.05, 3.63) is 42.0 Å². The van der Waals surface area contributed by atoms with Crippen LogP contribution in [0.25, 0.3) is 0 Å². The SMILES string of the molecule is CSc1cccc(CSc2cccc(SC)c2SC)c1SC. The molecule has 0 aromatic heterocycles. The van der Waals surface area contributed by atoms with E-state index in [4.69, 9.17) is 0 Å². The topological polar surface area (TPSA) is 0 Å². The van der Waals surface area contributed by atoms with Crippen molar-refractivity contribution in [2.75, 3.05) is 25.0 Å². The molecule has 118 valence electrons. The molecule has 0 fully saturated rings. The maximum atomic E-state index is 2.26. The summed E-state index contributed by atoms with van der Waals surface area (Å²) in [5, 5.41) is 0. The lowest BCUT2D eigenvalue weighted by Crippen LogP contribution is -1.89. The van der Waals surface area contributed by atoms with E-state index in [0.717, 1.165) is 5.75 Å². The van der Waals surface area contributed by atoms with Gasteiger partial charge in [0.25, 0.3) is 0 Å². The van der Waals surface area contributed by atoms with Gasteiger partial charge >= 0.3 is 0 Å². The largest absolute Gasteiger partial charge is 0.128 e. The van der Waals surface area contributed by atoms with E-state index in [-0.39, 0.29) is 0 Å². The van der Waals surface area contributed by atoms with E-state index in [2.05, 4.69) is 61.4 Å². The molecule has 0 saturated heterocycles. The van der Waals surface area contributed by atoms with Gasteiger partial charge in [-0.05, 0) is 48.8 Å². The van der Waals surface area contributed by atoms with E-state index in [1.807, 2.05) is 58.8 Å². The maximum absolute atomic E-state index is 2.26. The Morgan fingerprint density at radius 3 is 1.77 bits per heavy atom. The lowest BCUT2D eigenvalue weighted by molar-refractivity contribution is 1.11. The standard InChI is InChI=1S/C17H20S5/c1-18-13-8-5-7-12(16(13)20-3)11-22-15-10-6-9-14(19-2)17(15)21-4/h5-10H,11H2,1-4H3. The Morgan fingerprint density at radius 2 is 1.18 bits per heavy atom. The zero-order valence-corrected chi connectivity index (χ0v) is 17.3. The molecule has 5 heteroatoms. The molecule has 2 rings (SSSR count). The van der Waals surface area contributed by atoms with Crippen LogP contribution in [0.15, 0.2) is 60.9 Å². The summed E-state index contributed by atoms with van der Waals surface area (Å²) in [6, 6.07) is 13.3. The third kappa shape index (κ3) is 4.38. The molecule has 0 unspecified atom stereocenters. The molecule has 0 spiro atoms. The number of thioether (sulfide) groups is 5. The van der Waals surface area contributed by atoms with Gasteiger partial charge in [0.2, 0.25) is 0 Å². The third-order valence-corrected chi connectivity index (χ3v) is 8.03. The molecule has 0 saturated carbocycles. The molecule has 2 aromatic rings. The minimum Gasteiger partial charge on any atom is -0.128 e. The maximum Gasteiger partial charge on any atom is 0.0341 e. The molecule has 0 N–H and O–H groups in total. The first-order valence-corrected chi connectivity index (χ1v) is 12.7. The number of rotatable bonds is 7. The molecule has 0 aliphatic rings. The van der Waals surface area contributed by atoms with E-state index in [1.54, 1.807) is 0 Å². The average Bonchev–Trinajstić information content (AvgIpc) is 2.58. The first kappa shape index (κ1) is 18.5. The van der Waals surface area contributed by atoms with Crippen molar-refractivity contribution >= 4 is 58.8 Å². The van der Waals surface area contributed by atoms with E-state index < -0.39 is 0 Å². The summed E-state index contributed by atoms with van der Waals surface area (Å²) in [4.78, 5) is 6.98. The Hall–Kier alpha value is 0.190. The molecule has 0 aliphatic carbocycles. The minimum absolute atomic E-state index is 1.02. The van der Waals surface area contributed by atoms with Crippen LogP contribution in [-0.2, 0) is 5.75 Å². The molecular weight excluding hydrogens is 365 g/mol. The predicted octanol–water partition coefficient (Wildman–Crippen LogP) is 6.87. The lowest BCUT2D eigenvalue weighted by atomic mass is 10.2. The normalized spacial score (nSPS) is 10.9. The van der Waals surface area contributed by atoms with Crippen LogP contribution in [0, 0.1) is 0 Å². The van der Waals surface area contributed by atoms with Crippen LogP contribution in [0.1, 0.15) is 5.56 Å². The van der Waals surface area contributed by atoms with E-state index in [9.17, 15) is 0 Å². The highest BCUT2D eigenvalue weighted by molar-refractivity contribution is 8.03. The highest BCUT2D eigenvalue weighted by atomic mass is 32.2. The Bertz CT molecular complexity index is 569. The van der Waals surface area contributed by atoms with E-state index >= 15 is 0 Å². The van der Waals surface area contributed by atoms with Gasteiger partial charge in [-0.2, -0.15) is 0 Å². The zero-order valence-electron chi connectivity index (χ0n) is 13.2. The van der Waals surface area contributed by atoms with Crippen LogP contribution in [0.2, 0.25) is 0 Å². The molecular formula is C17H20S5. The molecule has 22 heavy (non-hydrogen) atoms. The summed E-state index contributed by atoms with van der Waals surface area (Å²) in [7, 11) is 0. The van der Waals surface area contributed by atoms with Crippen molar-refractivity contribution in [3.8, 4) is 0 Å². The molecule has 0 heterocycles. The van der Waals surface area contributed by atoms with Crippen LogP contribution in [0.5, 0.6) is 0 Å². The van der Waals surface area contributed by atoms with Crippen molar-refractivity contribution < 1.29 is 0 Å². The van der Waals surface area contributed by atoms with Crippen LogP contribution in [-0.4, -0.2) is 25.0 Å². The first-order valence-electron chi connectivity index (χ1n) is 6.78. The molecule has 0 aliphatic heterocycles. The summed E-state index contributed by atoms with van der Waals surface area (Å²) < 4.78 is 0. The second-order valence-electron chi connectivity index (χ2n) is 4.43. The molecule has 0 amide bonds. The van der Waals surface area contributed by atoms with Crippen LogP contribution in [0.4, 0.5) is 0 Å². The molecule has 0 bridgehead atoms. The van der Waals surface area contributed by atoms with Crippen molar-refractivity contribution in [1.82, 2.24) is 0 Å². The fourth-order valence-corrected chi connectivity index (χ4v) is 7.00. The van der Waals surface area contributed by atoms with E-state index in [1.165, 1.54) is 30.0 Å². The first-order chi connectivity index (χ1) is 10.7. The Morgan fingerprint density at radius 1 is 0.636 bits per heavy atom. The van der Waals surface area contributed by atoms with Crippen LogP contribution in [0.3, 0.4) is 0 Å². The summed E-state index contributed by atoms with van der Waals surface area (Å²) in [5.41, 5.74) is 1.44. The van der Waals surface area contributed by atoms with Crippen LogP contribution < -0.4 is 0 Å². The minimum atomic E-state index is 1.02. The lowest BCUT2D eigenvalue weighted by Gasteiger charge is -2.14. The number of benzene rings is 2. The fourth-order valence-electron chi connectivity index (χ4n) is 2.19. The smallest absolute Gasteiger partial charge is 0.0341 e. The second-order valence-corrected chi connectivity index (χ2v) is 8.78. The Labute approximate surface area is 155 Å². The third-order valence-electron chi connectivity index (χ3n) is 3.23. The molecule has 2 aromatic carbocycles. The zero-order chi connectivity index (χ0) is 15.9. The summed E-state index contributed by atoms with van der Waals surface area (Å²) in [5.74, 6) is 1.02. The van der Waals surface area contributed by atoms with Gasteiger partial charge in [0.05, 0.1) is 0 Å². The van der Waals surface area contributed by atoms with Gasteiger partial charge < -0.3 is 0 Å². The molecule has 0 atom stereocenters. The molecule has 0 radical (unpaired) electrons. The quantitative estimate of drug-likeness (QED) is 0.476. The van der Waals surface area contributed by atoms with Gasteiger partial charge in [0, 0.05) is 30.2 Å². The van der Waals surface area contributed by atoms with Gasteiger partial charge in [0.15, 0.2) is 0 Å². The summed E-state index contributed by atoms with van der Waals surface area (Å²) in [6.45, 7) is 0. The summed E-state index contributed by atoms with van der Waals surface area (Å²) >= 11 is 9.31.